The zero-order valence-electron chi connectivity index (χ0n) is 17.6. The van der Waals surface area contributed by atoms with Crippen LogP contribution < -0.4 is 5.32 Å². The van der Waals surface area contributed by atoms with Gasteiger partial charge in [-0.05, 0) is 18.4 Å². The normalized spacial score (nSPS) is 20.7. The Hall–Kier alpha value is -1.93. The number of nitrogens with zero attached hydrogens (tertiary/aromatic N) is 4. The van der Waals surface area contributed by atoms with Gasteiger partial charge in [-0.3, -0.25) is 9.69 Å². The van der Waals surface area contributed by atoms with Gasteiger partial charge in [-0.1, -0.05) is 30.3 Å². The lowest BCUT2D eigenvalue weighted by Crippen LogP contribution is -2.52. The molecule has 2 aliphatic rings. The van der Waals surface area contributed by atoms with Crippen LogP contribution in [0.25, 0.3) is 0 Å². The maximum absolute atomic E-state index is 12.9. The molecule has 1 N–H and O–H groups in total. The van der Waals surface area contributed by atoms with Crippen LogP contribution in [0.5, 0.6) is 0 Å². The van der Waals surface area contributed by atoms with Gasteiger partial charge >= 0.3 is 0 Å². The third-order valence-corrected chi connectivity index (χ3v) is 5.97. The summed E-state index contributed by atoms with van der Waals surface area (Å²) in [5.41, 5.74) is 1.20. The molecule has 1 aromatic heterocycles. The summed E-state index contributed by atoms with van der Waals surface area (Å²) < 4.78 is 8.10. The zero-order chi connectivity index (χ0) is 20.1. The summed E-state index contributed by atoms with van der Waals surface area (Å²) in [6.45, 7) is 5.24. The van der Waals surface area contributed by atoms with Gasteiger partial charge in [-0.15, -0.1) is 12.4 Å². The van der Waals surface area contributed by atoms with Gasteiger partial charge in [0.05, 0.1) is 25.3 Å². The molecule has 0 aliphatic carbocycles. The number of halogens is 1. The molecule has 2 fully saturated rings. The number of benzene rings is 1. The van der Waals surface area contributed by atoms with Crippen LogP contribution in [0, 0.1) is 0 Å². The Morgan fingerprint density at radius 1 is 1.20 bits per heavy atom. The number of hydrogen-bond acceptors (Lipinski definition) is 5. The van der Waals surface area contributed by atoms with Crippen molar-refractivity contribution in [3.05, 3.63) is 54.1 Å². The summed E-state index contributed by atoms with van der Waals surface area (Å²) in [5.74, 6) is 1.23. The van der Waals surface area contributed by atoms with Crippen LogP contribution in [-0.4, -0.2) is 70.6 Å². The van der Waals surface area contributed by atoms with E-state index in [9.17, 15) is 4.79 Å². The molecule has 7 nitrogen and oxygen atoms in total. The molecule has 0 bridgehead atoms. The van der Waals surface area contributed by atoms with Crippen molar-refractivity contribution in [3.8, 4) is 0 Å². The average molecular weight is 434 g/mol. The van der Waals surface area contributed by atoms with Crippen molar-refractivity contribution in [2.75, 3.05) is 39.3 Å². The first-order valence-electron chi connectivity index (χ1n) is 10.6. The first-order chi connectivity index (χ1) is 14.2. The quantitative estimate of drug-likeness (QED) is 0.754. The van der Waals surface area contributed by atoms with Gasteiger partial charge in [-0.2, -0.15) is 0 Å². The second kappa shape index (κ2) is 10.9. The highest BCUT2D eigenvalue weighted by atomic mass is 35.5. The van der Waals surface area contributed by atoms with Crippen LogP contribution in [0.2, 0.25) is 0 Å². The Bertz CT molecular complexity index is 792. The lowest BCUT2D eigenvalue weighted by Gasteiger charge is -2.38. The monoisotopic (exact) mass is 433 g/mol. The summed E-state index contributed by atoms with van der Waals surface area (Å²) in [5, 5.41) is 3.43. The summed E-state index contributed by atoms with van der Waals surface area (Å²) in [7, 11) is 2.01. The highest BCUT2D eigenvalue weighted by Gasteiger charge is 2.30. The third-order valence-electron chi connectivity index (χ3n) is 5.97. The molecular formula is C22H32ClN5O2. The molecule has 30 heavy (non-hydrogen) atoms. The second-order valence-corrected chi connectivity index (χ2v) is 7.96. The number of nitrogens with one attached hydrogen (secondary N) is 1. The van der Waals surface area contributed by atoms with Crippen LogP contribution >= 0.6 is 12.4 Å². The highest BCUT2D eigenvalue weighted by Crippen LogP contribution is 2.21. The molecule has 2 aliphatic heterocycles. The number of piperidine rings is 1. The average Bonchev–Trinajstić information content (AvgIpc) is 3.19. The topological polar surface area (TPSA) is 62.6 Å². The van der Waals surface area contributed by atoms with Gasteiger partial charge in [-0.25, -0.2) is 4.98 Å². The number of rotatable bonds is 6. The molecule has 0 spiro atoms. The molecule has 4 rings (SSSR count). The van der Waals surface area contributed by atoms with Crippen molar-refractivity contribution in [1.29, 1.82) is 0 Å². The van der Waals surface area contributed by atoms with Crippen LogP contribution in [0.1, 0.15) is 30.3 Å². The van der Waals surface area contributed by atoms with Crippen molar-refractivity contribution in [2.45, 2.75) is 31.6 Å². The molecule has 1 atom stereocenters. The lowest BCUT2D eigenvalue weighted by molar-refractivity contribution is -0.136. The van der Waals surface area contributed by atoms with E-state index in [-0.39, 0.29) is 30.5 Å². The summed E-state index contributed by atoms with van der Waals surface area (Å²) >= 11 is 0. The number of hydrogen-bond donors (Lipinski definition) is 1. The predicted octanol–water partition coefficient (Wildman–Crippen LogP) is 2.00. The minimum absolute atomic E-state index is 0. The molecule has 8 heteroatoms. The lowest BCUT2D eigenvalue weighted by atomic mass is 10.1. The molecule has 2 aromatic rings. The first kappa shape index (κ1) is 22.7. The van der Waals surface area contributed by atoms with Gasteiger partial charge in [0.1, 0.15) is 5.82 Å². The molecule has 3 heterocycles. The molecule has 0 saturated carbocycles. The Morgan fingerprint density at radius 2 is 1.97 bits per heavy atom. The minimum atomic E-state index is 0. The zero-order valence-corrected chi connectivity index (χ0v) is 18.4. The van der Waals surface area contributed by atoms with E-state index in [0.717, 1.165) is 51.4 Å². The third kappa shape index (κ3) is 5.60. The van der Waals surface area contributed by atoms with E-state index in [1.54, 1.807) is 0 Å². The molecule has 0 radical (unpaired) electrons. The van der Waals surface area contributed by atoms with Gasteiger partial charge in [0, 0.05) is 52.2 Å². The number of aryl methyl sites for hydroxylation is 1. The minimum Gasteiger partial charge on any atom is -0.373 e. The Morgan fingerprint density at radius 3 is 2.67 bits per heavy atom. The van der Waals surface area contributed by atoms with E-state index >= 15 is 0 Å². The fourth-order valence-electron chi connectivity index (χ4n) is 4.22. The van der Waals surface area contributed by atoms with Gasteiger partial charge in [0.2, 0.25) is 5.91 Å². The number of carbonyl (C=O) groups is 1. The van der Waals surface area contributed by atoms with Crippen LogP contribution in [0.4, 0.5) is 0 Å². The number of likely N-dealkylation sites (tertiary alicyclic amines) is 1. The van der Waals surface area contributed by atoms with Crippen LogP contribution in [0.3, 0.4) is 0 Å². The second-order valence-electron chi connectivity index (χ2n) is 7.96. The van der Waals surface area contributed by atoms with E-state index in [2.05, 4.69) is 27.3 Å². The maximum atomic E-state index is 12.9. The van der Waals surface area contributed by atoms with Crippen LogP contribution in [-0.2, 0) is 23.2 Å². The van der Waals surface area contributed by atoms with Gasteiger partial charge in [0.15, 0.2) is 0 Å². The number of aromatic nitrogens is 2. The largest absolute Gasteiger partial charge is 0.373 e. The highest BCUT2D eigenvalue weighted by molar-refractivity contribution is 5.85. The molecule has 1 amide bonds. The molecule has 1 aromatic carbocycles. The predicted molar refractivity (Wildman–Crippen MR) is 118 cm³/mol. The summed E-state index contributed by atoms with van der Waals surface area (Å²) in [6, 6.07) is 10.4. The Balaban J connectivity index is 0.00000256. The number of piperazine rings is 1. The van der Waals surface area contributed by atoms with Crippen molar-refractivity contribution in [1.82, 2.24) is 24.7 Å². The van der Waals surface area contributed by atoms with Crippen molar-refractivity contribution < 1.29 is 9.53 Å². The standard InChI is InChI=1S/C22H31N5O2.ClH/c1-25-13-10-24-22(25)20-15-23-9-14-27(20)16-21(28)26-11-7-19(8-12-26)29-17-18-5-3-2-4-6-18;/h2-6,10,13,19-20,23H,7-9,11-12,14-17H2,1H3;1H. The fraction of sp³-hybridized carbons (Fsp3) is 0.545. The maximum Gasteiger partial charge on any atom is 0.236 e. The SMILES string of the molecule is Cl.Cn1ccnc1C1CNCCN1CC(=O)N1CCC(OCc2ccccc2)CC1. The summed E-state index contributed by atoms with van der Waals surface area (Å²) in [4.78, 5) is 21.7. The fourth-order valence-corrected chi connectivity index (χ4v) is 4.22. The van der Waals surface area contributed by atoms with Crippen molar-refractivity contribution in [2.24, 2.45) is 7.05 Å². The van der Waals surface area contributed by atoms with E-state index in [1.165, 1.54) is 5.56 Å². The van der Waals surface area contributed by atoms with Gasteiger partial charge < -0.3 is 19.5 Å². The van der Waals surface area contributed by atoms with E-state index < -0.39 is 0 Å². The van der Waals surface area contributed by atoms with Gasteiger partial charge in [0.25, 0.3) is 0 Å². The molecular weight excluding hydrogens is 402 g/mol. The number of ether oxygens (including phenoxy) is 1. The molecule has 2 saturated heterocycles. The Kier molecular flexibility index (Phi) is 8.27. The van der Waals surface area contributed by atoms with E-state index in [4.69, 9.17) is 4.74 Å². The number of carbonyl (C=O) groups excluding carboxylic acids is 1. The van der Waals surface area contributed by atoms with Crippen molar-refractivity contribution >= 4 is 18.3 Å². The summed E-state index contributed by atoms with van der Waals surface area (Å²) in [6.07, 6.45) is 5.83. The van der Waals surface area contributed by atoms with E-state index in [0.29, 0.717) is 13.2 Å². The number of amides is 1. The van der Waals surface area contributed by atoms with Crippen LogP contribution in [0.15, 0.2) is 42.7 Å². The van der Waals surface area contributed by atoms with Crippen molar-refractivity contribution in [3.63, 3.8) is 0 Å². The smallest absolute Gasteiger partial charge is 0.236 e. The Labute approximate surface area is 184 Å². The first-order valence-corrected chi connectivity index (χ1v) is 10.6. The van der Waals surface area contributed by atoms with E-state index in [1.807, 2.05) is 47.1 Å². The molecule has 1 unspecified atom stereocenters. The molecule has 164 valence electrons. The number of imidazole rings is 1.